The zero-order valence-corrected chi connectivity index (χ0v) is 13.5. The van der Waals surface area contributed by atoms with E-state index < -0.39 is 0 Å². The zero-order valence-electron chi connectivity index (χ0n) is 12.8. The van der Waals surface area contributed by atoms with Crippen LogP contribution < -0.4 is 4.74 Å². The van der Waals surface area contributed by atoms with E-state index in [1.165, 1.54) is 5.56 Å². The molecule has 0 aliphatic rings. The minimum absolute atomic E-state index is 0.315. The van der Waals surface area contributed by atoms with Crippen molar-refractivity contribution >= 4 is 11.6 Å². The fraction of sp³-hybridized carbons (Fsp3) is 0.500. The van der Waals surface area contributed by atoms with Crippen LogP contribution in [0.2, 0.25) is 0 Å². The molecular weight excluding hydrogens is 286 g/mol. The lowest BCUT2D eigenvalue weighted by molar-refractivity contribution is 0.413. The second-order valence-electron chi connectivity index (χ2n) is 5.49. The lowest BCUT2D eigenvalue weighted by atomic mass is 9.97. The van der Waals surface area contributed by atoms with Crippen LogP contribution in [0.15, 0.2) is 30.6 Å². The summed E-state index contributed by atoms with van der Waals surface area (Å²) in [6.07, 6.45) is 3.36. The quantitative estimate of drug-likeness (QED) is 0.735. The molecule has 0 radical (unpaired) electrons. The van der Waals surface area contributed by atoms with Gasteiger partial charge in [0.15, 0.2) is 0 Å². The van der Waals surface area contributed by atoms with Gasteiger partial charge < -0.3 is 4.74 Å². The van der Waals surface area contributed by atoms with Crippen molar-refractivity contribution in [3.63, 3.8) is 0 Å². The van der Waals surface area contributed by atoms with Crippen LogP contribution in [0.1, 0.15) is 31.3 Å². The smallest absolute Gasteiger partial charge is 0.138 e. The minimum Gasteiger partial charge on any atom is -0.497 e. The molecule has 0 saturated carbocycles. The molecule has 1 unspecified atom stereocenters. The number of alkyl halides is 1. The Balaban J connectivity index is 2.07. The molecule has 1 heterocycles. The third kappa shape index (κ3) is 4.21. The highest BCUT2D eigenvalue weighted by Crippen LogP contribution is 2.20. The highest BCUT2D eigenvalue weighted by molar-refractivity contribution is 6.18. The van der Waals surface area contributed by atoms with Crippen molar-refractivity contribution < 1.29 is 4.74 Å². The van der Waals surface area contributed by atoms with Crippen molar-refractivity contribution in [1.82, 2.24) is 14.8 Å². The molecule has 0 fully saturated rings. The molecular formula is C16H22ClN3O. The van der Waals surface area contributed by atoms with Gasteiger partial charge in [0.25, 0.3) is 0 Å². The van der Waals surface area contributed by atoms with E-state index >= 15 is 0 Å². The summed E-state index contributed by atoms with van der Waals surface area (Å²) in [7, 11) is 1.68. The monoisotopic (exact) mass is 307 g/mol. The lowest BCUT2D eigenvalue weighted by Gasteiger charge is -2.16. The fourth-order valence-electron chi connectivity index (χ4n) is 2.42. The first-order valence-electron chi connectivity index (χ1n) is 7.21. The van der Waals surface area contributed by atoms with Crippen molar-refractivity contribution in [3.8, 4) is 5.75 Å². The normalized spacial score (nSPS) is 12.6. The SMILES string of the molecule is COc1cccc(CC(CCl)Cc2ncnn2C(C)C)c1. The van der Waals surface area contributed by atoms with Gasteiger partial charge >= 0.3 is 0 Å². The number of methoxy groups -OCH3 is 1. The molecule has 0 amide bonds. The molecule has 1 atom stereocenters. The highest BCUT2D eigenvalue weighted by atomic mass is 35.5. The van der Waals surface area contributed by atoms with Gasteiger partial charge in [0, 0.05) is 18.3 Å². The molecule has 0 bridgehead atoms. The number of hydrogen-bond donors (Lipinski definition) is 0. The number of ether oxygens (including phenoxy) is 1. The Labute approximate surface area is 131 Å². The van der Waals surface area contributed by atoms with E-state index in [1.807, 2.05) is 16.8 Å². The second-order valence-corrected chi connectivity index (χ2v) is 5.80. The van der Waals surface area contributed by atoms with Gasteiger partial charge in [0.2, 0.25) is 0 Å². The summed E-state index contributed by atoms with van der Waals surface area (Å²) >= 11 is 6.15. The van der Waals surface area contributed by atoms with E-state index in [0.717, 1.165) is 24.4 Å². The molecule has 2 rings (SSSR count). The Morgan fingerprint density at radius 2 is 2.10 bits per heavy atom. The number of nitrogens with zero attached hydrogens (tertiary/aromatic N) is 3. The Kier molecular flexibility index (Phi) is 5.62. The van der Waals surface area contributed by atoms with E-state index in [9.17, 15) is 0 Å². The predicted molar refractivity (Wildman–Crippen MR) is 85.0 cm³/mol. The van der Waals surface area contributed by atoms with Crippen LogP contribution in [-0.2, 0) is 12.8 Å². The Morgan fingerprint density at radius 3 is 2.76 bits per heavy atom. The molecule has 21 heavy (non-hydrogen) atoms. The van der Waals surface area contributed by atoms with Crippen molar-refractivity contribution in [2.24, 2.45) is 5.92 Å². The summed E-state index contributed by atoms with van der Waals surface area (Å²) in [5.41, 5.74) is 1.23. The number of hydrogen-bond acceptors (Lipinski definition) is 3. The maximum atomic E-state index is 6.15. The summed E-state index contributed by atoms with van der Waals surface area (Å²) in [6.45, 7) is 4.21. The second kappa shape index (κ2) is 7.46. The van der Waals surface area contributed by atoms with Gasteiger partial charge in [-0.15, -0.1) is 11.6 Å². The molecule has 0 N–H and O–H groups in total. The third-order valence-electron chi connectivity index (χ3n) is 3.48. The first-order valence-corrected chi connectivity index (χ1v) is 7.74. The van der Waals surface area contributed by atoms with Crippen molar-refractivity contribution in [2.75, 3.05) is 13.0 Å². The third-order valence-corrected chi connectivity index (χ3v) is 3.92. The van der Waals surface area contributed by atoms with Crippen LogP contribution in [-0.4, -0.2) is 27.8 Å². The summed E-state index contributed by atoms with van der Waals surface area (Å²) in [6, 6.07) is 8.45. The largest absolute Gasteiger partial charge is 0.497 e. The maximum absolute atomic E-state index is 6.15. The first kappa shape index (κ1) is 15.8. The van der Waals surface area contributed by atoms with Crippen molar-refractivity contribution in [2.45, 2.75) is 32.7 Å². The molecule has 5 heteroatoms. The summed E-state index contributed by atoms with van der Waals surface area (Å²) in [5, 5.41) is 4.28. The van der Waals surface area contributed by atoms with Crippen LogP contribution in [0.4, 0.5) is 0 Å². The van der Waals surface area contributed by atoms with E-state index in [0.29, 0.717) is 17.8 Å². The Morgan fingerprint density at radius 1 is 1.29 bits per heavy atom. The minimum atomic E-state index is 0.315. The molecule has 0 saturated heterocycles. The summed E-state index contributed by atoms with van der Waals surface area (Å²) in [5.74, 6) is 2.81. The molecule has 114 valence electrons. The van der Waals surface area contributed by atoms with E-state index in [4.69, 9.17) is 16.3 Å². The molecule has 1 aromatic heterocycles. The lowest BCUT2D eigenvalue weighted by Crippen LogP contribution is -2.16. The van der Waals surface area contributed by atoms with Gasteiger partial charge in [-0.2, -0.15) is 5.10 Å². The van der Waals surface area contributed by atoms with E-state index in [1.54, 1.807) is 13.4 Å². The van der Waals surface area contributed by atoms with Crippen molar-refractivity contribution in [1.29, 1.82) is 0 Å². The molecule has 4 nitrogen and oxygen atoms in total. The number of aromatic nitrogens is 3. The van der Waals surface area contributed by atoms with Crippen LogP contribution in [0.5, 0.6) is 5.75 Å². The molecule has 2 aromatic rings. The zero-order chi connectivity index (χ0) is 15.2. The van der Waals surface area contributed by atoms with Gasteiger partial charge in [-0.3, -0.25) is 0 Å². The number of benzene rings is 1. The highest BCUT2D eigenvalue weighted by Gasteiger charge is 2.15. The van der Waals surface area contributed by atoms with Crippen LogP contribution in [0.3, 0.4) is 0 Å². The van der Waals surface area contributed by atoms with E-state index in [-0.39, 0.29) is 0 Å². The van der Waals surface area contributed by atoms with Gasteiger partial charge in [0.05, 0.1) is 7.11 Å². The standard InChI is InChI=1S/C16H22ClN3O/c1-12(2)20-16(18-11-19-20)9-14(10-17)7-13-5-4-6-15(8-13)21-3/h4-6,8,11-12,14H,7,9-10H2,1-3H3. The first-order chi connectivity index (χ1) is 10.1. The number of rotatable bonds is 7. The topological polar surface area (TPSA) is 39.9 Å². The average molecular weight is 308 g/mol. The van der Waals surface area contributed by atoms with Gasteiger partial charge in [-0.1, -0.05) is 12.1 Å². The van der Waals surface area contributed by atoms with Crippen LogP contribution >= 0.6 is 11.6 Å². The molecule has 1 aromatic carbocycles. The molecule has 0 spiro atoms. The van der Waals surface area contributed by atoms with Crippen LogP contribution in [0.25, 0.3) is 0 Å². The Bertz CT molecular complexity index is 568. The predicted octanol–water partition coefficient (Wildman–Crippen LogP) is 3.51. The van der Waals surface area contributed by atoms with Crippen LogP contribution in [0, 0.1) is 5.92 Å². The van der Waals surface area contributed by atoms with E-state index in [2.05, 4.69) is 36.1 Å². The average Bonchev–Trinajstić information content (AvgIpc) is 2.95. The Hall–Kier alpha value is -1.55. The molecule has 0 aliphatic heterocycles. The van der Waals surface area contributed by atoms with Gasteiger partial charge in [-0.25, -0.2) is 9.67 Å². The number of halogens is 1. The van der Waals surface area contributed by atoms with Gasteiger partial charge in [-0.05, 0) is 43.9 Å². The van der Waals surface area contributed by atoms with Gasteiger partial charge in [0.1, 0.15) is 17.9 Å². The maximum Gasteiger partial charge on any atom is 0.138 e. The molecule has 0 aliphatic carbocycles. The fourth-order valence-corrected chi connectivity index (χ4v) is 2.64. The van der Waals surface area contributed by atoms with Crippen molar-refractivity contribution in [3.05, 3.63) is 42.0 Å². The summed E-state index contributed by atoms with van der Waals surface area (Å²) in [4.78, 5) is 4.37. The summed E-state index contributed by atoms with van der Waals surface area (Å²) < 4.78 is 7.23.